The van der Waals surface area contributed by atoms with Gasteiger partial charge in [0.2, 0.25) is 0 Å². The van der Waals surface area contributed by atoms with E-state index in [1.54, 1.807) is 11.3 Å². The molecule has 5 heteroatoms. The van der Waals surface area contributed by atoms with Crippen molar-refractivity contribution >= 4 is 64.8 Å². The van der Waals surface area contributed by atoms with E-state index in [-0.39, 0.29) is 6.04 Å². The van der Waals surface area contributed by atoms with Gasteiger partial charge in [0.05, 0.1) is 15.5 Å². The molecule has 0 aliphatic heterocycles. The topological polar surface area (TPSA) is 12.0 Å². The van der Waals surface area contributed by atoms with Crippen molar-refractivity contribution in [1.29, 1.82) is 0 Å². The maximum atomic E-state index is 3.61. The molecule has 0 fully saturated rings. The Morgan fingerprint density at radius 1 is 1.11 bits per heavy atom. The van der Waals surface area contributed by atoms with Gasteiger partial charge in [0.25, 0.3) is 0 Å². The summed E-state index contributed by atoms with van der Waals surface area (Å²) in [5, 5.41) is 3.53. The summed E-state index contributed by atoms with van der Waals surface area (Å²) in [6, 6.07) is 8.73. The number of thiophene rings is 1. The third-order valence-electron chi connectivity index (χ3n) is 2.57. The Labute approximate surface area is 136 Å². The first kappa shape index (κ1) is 14.6. The predicted molar refractivity (Wildman–Crippen MR) is 90.6 cm³/mol. The highest BCUT2D eigenvalue weighted by molar-refractivity contribution is 9.11. The molecular formula is C13H12Br3NS. The van der Waals surface area contributed by atoms with Crippen LogP contribution in [0.25, 0.3) is 0 Å². The SMILES string of the molecule is Cc1cc(Br)c(NC(C)c2ccc(Br)s2)c(Br)c1. The molecule has 1 N–H and O–H groups in total. The van der Waals surface area contributed by atoms with E-state index in [9.17, 15) is 0 Å². The monoisotopic (exact) mass is 451 g/mol. The lowest BCUT2D eigenvalue weighted by Gasteiger charge is -2.17. The molecule has 1 unspecified atom stereocenters. The highest BCUT2D eigenvalue weighted by Crippen LogP contribution is 2.36. The van der Waals surface area contributed by atoms with Crippen LogP contribution in [0.3, 0.4) is 0 Å². The quantitative estimate of drug-likeness (QED) is 0.558. The Morgan fingerprint density at radius 2 is 1.72 bits per heavy atom. The van der Waals surface area contributed by atoms with E-state index in [0.29, 0.717) is 0 Å². The number of hydrogen-bond acceptors (Lipinski definition) is 2. The Balaban J connectivity index is 2.24. The minimum absolute atomic E-state index is 0.275. The number of hydrogen-bond donors (Lipinski definition) is 1. The summed E-state index contributed by atoms with van der Waals surface area (Å²) < 4.78 is 3.32. The maximum Gasteiger partial charge on any atom is 0.0702 e. The van der Waals surface area contributed by atoms with Gasteiger partial charge in [-0.15, -0.1) is 11.3 Å². The highest BCUT2D eigenvalue weighted by atomic mass is 79.9. The molecule has 1 aromatic heterocycles. The van der Waals surface area contributed by atoms with Gasteiger partial charge in [-0.05, 0) is 91.5 Å². The summed E-state index contributed by atoms with van der Waals surface area (Å²) in [4.78, 5) is 1.31. The van der Waals surface area contributed by atoms with Crippen LogP contribution in [-0.2, 0) is 0 Å². The molecule has 96 valence electrons. The van der Waals surface area contributed by atoms with Crippen molar-refractivity contribution in [3.8, 4) is 0 Å². The van der Waals surface area contributed by atoms with Crippen LogP contribution >= 0.6 is 59.1 Å². The van der Waals surface area contributed by atoms with Gasteiger partial charge in [0.15, 0.2) is 0 Å². The van der Waals surface area contributed by atoms with Gasteiger partial charge in [-0.1, -0.05) is 0 Å². The molecule has 1 heterocycles. The average Bonchev–Trinajstić information content (AvgIpc) is 2.70. The second kappa shape index (κ2) is 6.07. The summed E-state index contributed by atoms with van der Waals surface area (Å²) in [6.07, 6.45) is 0. The second-order valence-electron chi connectivity index (χ2n) is 4.11. The molecule has 2 aromatic rings. The molecule has 0 saturated heterocycles. The molecule has 1 aromatic carbocycles. The molecule has 0 spiro atoms. The van der Waals surface area contributed by atoms with Gasteiger partial charge < -0.3 is 5.32 Å². The fraction of sp³-hybridized carbons (Fsp3) is 0.231. The van der Waals surface area contributed by atoms with Crippen molar-refractivity contribution in [2.24, 2.45) is 0 Å². The number of anilines is 1. The summed E-state index contributed by atoms with van der Waals surface area (Å²) in [6.45, 7) is 4.25. The lowest BCUT2D eigenvalue weighted by atomic mass is 10.2. The zero-order chi connectivity index (χ0) is 13.3. The standard InChI is InChI=1S/C13H12Br3NS/c1-7-5-9(14)13(10(15)6-7)17-8(2)11-3-4-12(16)18-11/h3-6,8,17H,1-2H3. The van der Waals surface area contributed by atoms with E-state index in [2.05, 4.69) is 91.2 Å². The Morgan fingerprint density at radius 3 is 2.22 bits per heavy atom. The first-order chi connectivity index (χ1) is 8.47. The highest BCUT2D eigenvalue weighted by Gasteiger charge is 2.12. The minimum atomic E-state index is 0.275. The third-order valence-corrected chi connectivity index (χ3v) is 5.63. The zero-order valence-corrected chi connectivity index (χ0v) is 15.5. The van der Waals surface area contributed by atoms with Crippen LogP contribution in [0.5, 0.6) is 0 Å². The third kappa shape index (κ3) is 3.38. The number of aryl methyl sites for hydroxylation is 1. The summed E-state index contributed by atoms with van der Waals surface area (Å²) in [5.41, 5.74) is 2.32. The molecule has 1 nitrogen and oxygen atoms in total. The van der Waals surface area contributed by atoms with Gasteiger partial charge in [-0.2, -0.15) is 0 Å². The largest absolute Gasteiger partial charge is 0.376 e. The number of rotatable bonds is 3. The Bertz CT molecular complexity index is 542. The summed E-state index contributed by atoms with van der Waals surface area (Å²) >= 11 is 12.5. The second-order valence-corrected chi connectivity index (χ2v) is 8.31. The lowest BCUT2D eigenvalue weighted by Crippen LogP contribution is -2.06. The van der Waals surface area contributed by atoms with Crippen LogP contribution in [0.4, 0.5) is 5.69 Å². The molecule has 0 bridgehead atoms. The first-order valence-corrected chi connectivity index (χ1v) is 8.64. The number of nitrogens with one attached hydrogen (secondary N) is 1. The fourth-order valence-electron chi connectivity index (χ4n) is 1.69. The van der Waals surface area contributed by atoms with E-state index in [4.69, 9.17) is 0 Å². The van der Waals surface area contributed by atoms with Gasteiger partial charge >= 0.3 is 0 Å². The van der Waals surface area contributed by atoms with Crippen molar-refractivity contribution in [3.63, 3.8) is 0 Å². The van der Waals surface area contributed by atoms with Crippen molar-refractivity contribution < 1.29 is 0 Å². The van der Waals surface area contributed by atoms with E-state index in [1.807, 2.05) is 0 Å². The molecular weight excluding hydrogens is 442 g/mol. The van der Waals surface area contributed by atoms with Gasteiger partial charge in [0, 0.05) is 13.8 Å². The van der Waals surface area contributed by atoms with Gasteiger partial charge in [-0.3, -0.25) is 0 Å². The smallest absolute Gasteiger partial charge is 0.0702 e. The number of benzene rings is 1. The molecule has 18 heavy (non-hydrogen) atoms. The van der Waals surface area contributed by atoms with E-state index < -0.39 is 0 Å². The van der Waals surface area contributed by atoms with Crippen LogP contribution in [-0.4, -0.2) is 0 Å². The first-order valence-electron chi connectivity index (χ1n) is 5.45. The van der Waals surface area contributed by atoms with Crippen molar-refractivity contribution in [2.75, 3.05) is 5.32 Å². The van der Waals surface area contributed by atoms with Crippen molar-refractivity contribution in [3.05, 3.63) is 47.4 Å². The van der Waals surface area contributed by atoms with Crippen molar-refractivity contribution in [2.45, 2.75) is 19.9 Å². The zero-order valence-electron chi connectivity index (χ0n) is 9.93. The Hall–Kier alpha value is 0.160. The molecule has 0 aliphatic rings. The van der Waals surface area contributed by atoms with E-state index in [1.165, 1.54) is 10.4 Å². The molecule has 0 saturated carbocycles. The average molecular weight is 454 g/mol. The maximum absolute atomic E-state index is 3.61. The Kier molecular flexibility index (Phi) is 4.92. The predicted octanol–water partition coefficient (Wildman–Crippen LogP) is 6.52. The summed E-state index contributed by atoms with van der Waals surface area (Å²) in [5.74, 6) is 0. The molecule has 0 radical (unpaired) electrons. The van der Waals surface area contributed by atoms with Crippen molar-refractivity contribution in [1.82, 2.24) is 0 Å². The van der Waals surface area contributed by atoms with Crippen LogP contribution in [0.1, 0.15) is 23.4 Å². The van der Waals surface area contributed by atoms with Gasteiger partial charge in [0.1, 0.15) is 0 Å². The lowest BCUT2D eigenvalue weighted by molar-refractivity contribution is 0.905. The molecule has 2 rings (SSSR count). The molecule has 0 aliphatic carbocycles. The van der Waals surface area contributed by atoms with Crippen LogP contribution in [0.2, 0.25) is 0 Å². The normalized spacial score (nSPS) is 12.5. The van der Waals surface area contributed by atoms with Crippen LogP contribution in [0.15, 0.2) is 37.0 Å². The van der Waals surface area contributed by atoms with Crippen LogP contribution < -0.4 is 5.32 Å². The molecule has 0 amide bonds. The van der Waals surface area contributed by atoms with E-state index in [0.717, 1.165) is 18.4 Å². The summed E-state index contributed by atoms with van der Waals surface area (Å²) in [7, 11) is 0. The van der Waals surface area contributed by atoms with E-state index >= 15 is 0 Å². The minimum Gasteiger partial charge on any atom is -0.376 e. The van der Waals surface area contributed by atoms with Crippen LogP contribution in [0, 0.1) is 6.92 Å². The van der Waals surface area contributed by atoms with Gasteiger partial charge in [-0.25, -0.2) is 0 Å². The molecule has 1 atom stereocenters. The fourth-order valence-corrected chi connectivity index (χ4v) is 4.76. The number of halogens is 3.